The van der Waals surface area contributed by atoms with Crippen LogP contribution in [0.5, 0.6) is 0 Å². The first-order valence-electron chi connectivity index (χ1n) is 11.8. The molecule has 0 aromatic heterocycles. The van der Waals surface area contributed by atoms with Gasteiger partial charge in [0.2, 0.25) is 0 Å². The van der Waals surface area contributed by atoms with Crippen LogP contribution in [-0.4, -0.2) is 125 Å². The van der Waals surface area contributed by atoms with Crippen molar-refractivity contribution in [2.75, 3.05) is 0 Å². The van der Waals surface area contributed by atoms with Gasteiger partial charge in [-0.15, -0.1) is 0 Å². The maximum atomic E-state index is 12.0. The third-order valence-electron chi connectivity index (χ3n) is 4.72. The number of hydrogen-bond donors (Lipinski definition) is 0. The van der Waals surface area contributed by atoms with E-state index in [1.54, 1.807) is 0 Å². The van der Waals surface area contributed by atoms with Crippen molar-refractivity contribution in [3.63, 3.8) is 0 Å². The molecule has 18 nitrogen and oxygen atoms in total. The average molecular weight is 1410 g/mol. The Labute approximate surface area is 388 Å². The molecule has 0 fully saturated rings. The van der Waals surface area contributed by atoms with Gasteiger partial charge in [-0.25, -0.2) is 0 Å². The van der Waals surface area contributed by atoms with Crippen LogP contribution >= 0.6 is 0 Å². The summed E-state index contributed by atoms with van der Waals surface area (Å²) in [6, 6.07) is 0. The SMILES string of the molecule is O=S(=O)([C-](S(=O)(=O)C(F)(F)F)S(=O)(=O)C(F)(F)F)C(F)(F)F.O=S(=O)([C-](S(=O)(=O)C(F)(F)F)S(=O)(=O)C(F)(F)F)C(F)(F)F.O=S(=O)([C-](S(=O)(=O)C(F)(F)F)S(=O)(=O)C(F)(F)F)C(F)(F)F.[Yb+3]. The Morgan fingerprint density at radius 2 is 0.209 bits per heavy atom. The molecule has 0 aliphatic rings. The van der Waals surface area contributed by atoms with E-state index in [-0.39, 0.29) is 46.9 Å². The van der Waals surface area contributed by atoms with Crippen molar-refractivity contribution in [3.8, 4) is 0 Å². The molecule has 0 aromatic carbocycles. The molecule has 0 amide bonds. The fourth-order valence-electron chi connectivity index (χ4n) is 2.15. The fourth-order valence-corrected chi connectivity index (χ4v) is 19.4. The van der Waals surface area contributed by atoms with Crippen LogP contribution < -0.4 is 0 Å². The summed E-state index contributed by atoms with van der Waals surface area (Å²) in [6.45, 7) is 0. The number of hydrogen-bond acceptors (Lipinski definition) is 18. The van der Waals surface area contributed by atoms with Gasteiger partial charge in [-0.05, 0) is 0 Å². The van der Waals surface area contributed by atoms with Gasteiger partial charge in [-0.1, -0.05) is 0 Å². The predicted octanol–water partition coefficient (Wildman–Crippen LogP) is 3.71. The molecule has 55 heteroatoms. The molecule has 0 aliphatic heterocycles. The molecule has 0 atom stereocenters. The summed E-state index contributed by atoms with van der Waals surface area (Å²) in [5.74, 6) is 0. The molecule has 0 unspecified atom stereocenters. The Kier molecular flexibility index (Phi) is 21.6. The maximum absolute atomic E-state index is 12.0. The van der Waals surface area contributed by atoms with Gasteiger partial charge in [0.1, 0.15) is 0 Å². The van der Waals surface area contributed by atoms with Crippen molar-refractivity contribution in [3.05, 3.63) is 11.7 Å². The summed E-state index contributed by atoms with van der Waals surface area (Å²) in [5, 5.41) is 0. The van der Waals surface area contributed by atoms with E-state index in [9.17, 15) is 194 Å². The Morgan fingerprint density at radius 3 is 0.239 bits per heavy atom. The Morgan fingerprint density at radius 1 is 0.164 bits per heavy atom. The molecule has 0 aliphatic carbocycles. The molecule has 0 N–H and O–H groups in total. The second kappa shape index (κ2) is 19.9. The summed E-state index contributed by atoms with van der Waals surface area (Å²) in [4.78, 5) is 0. The van der Waals surface area contributed by atoms with E-state index in [4.69, 9.17) is 0 Å². The molecular formula is C12F27O18S9Yb. The molecule has 1 radical (unpaired) electrons. The monoisotopic (exact) mass is 1410 g/mol. The zero-order valence-corrected chi connectivity index (χ0v) is 36.6. The smallest absolute Gasteiger partial charge is 0.251 e. The van der Waals surface area contributed by atoms with Gasteiger partial charge in [0.25, 0.3) is 0 Å². The van der Waals surface area contributed by atoms with Gasteiger partial charge < -0.3 is 0 Å². The topological polar surface area (TPSA) is 307 Å². The predicted molar refractivity (Wildman–Crippen MR) is 145 cm³/mol. The van der Waals surface area contributed by atoms with Gasteiger partial charge in [0.15, 0.2) is 88.5 Å². The number of alkyl halides is 27. The van der Waals surface area contributed by atoms with E-state index in [1.807, 2.05) is 0 Å². The van der Waals surface area contributed by atoms with Gasteiger partial charge in [0.05, 0.1) is 11.7 Å². The van der Waals surface area contributed by atoms with Crippen molar-refractivity contribution in [1.82, 2.24) is 0 Å². The second-order valence-corrected chi connectivity index (χ2v) is 28.5. The molecular weight excluding hydrogens is 1410 g/mol. The van der Waals surface area contributed by atoms with Crippen LogP contribution in [0.4, 0.5) is 119 Å². The van der Waals surface area contributed by atoms with Crippen molar-refractivity contribution in [2.24, 2.45) is 0 Å². The van der Waals surface area contributed by atoms with Crippen molar-refractivity contribution >= 4 is 88.5 Å². The van der Waals surface area contributed by atoms with Crippen LogP contribution in [0.3, 0.4) is 0 Å². The van der Waals surface area contributed by atoms with Crippen molar-refractivity contribution in [2.45, 2.75) is 49.6 Å². The van der Waals surface area contributed by atoms with Gasteiger partial charge in [-0.2, -0.15) is 119 Å². The number of halogens is 27. The Bertz CT molecular complexity index is 2210. The van der Waals surface area contributed by atoms with Gasteiger partial charge in [-0.3, -0.25) is 75.8 Å². The summed E-state index contributed by atoms with van der Waals surface area (Å²) in [7, 11) is -72.2. The normalized spacial score (nSPS) is 15.9. The molecule has 0 saturated heterocycles. The molecule has 413 valence electrons. The van der Waals surface area contributed by atoms with E-state index in [2.05, 4.69) is 0 Å². The van der Waals surface area contributed by atoms with Crippen LogP contribution in [0.15, 0.2) is 0 Å². The molecule has 0 saturated carbocycles. The van der Waals surface area contributed by atoms with E-state index >= 15 is 0 Å². The quantitative estimate of drug-likeness (QED) is 0.235. The largest absolute Gasteiger partial charge is 3.00 e. The standard InChI is InChI=1S/3C4F9O6S3.Yb/c3*5-2(6,7)20(14,15)1(21(16,17)3(8,9)10)22(18,19)4(11,12)13;/q3*-1;+3. The number of sulfone groups is 9. The summed E-state index contributed by atoms with van der Waals surface area (Å²) in [5.41, 5.74) is -63.5. The molecule has 0 heterocycles. The van der Waals surface area contributed by atoms with E-state index in [0.29, 0.717) is 0 Å². The van der Waals surface area contributed by atoms with Crippen LogP contribution in [0, 0.1) is 58.7 Å². The van der Waals surface area contributed by atoms with E-state index < -0.39 is 150 Å². The zero-order chi connectivity index (χ0) is 55.7. The van der Waals surface area contributed by atoms with Crippen LogP contribution in [0.1, 0.15) is 0 Å². The first kappa shape index (κ1) is 72.7. The van der Waals surface area contributed by atoms with Gasteiger partial charge >= 0.3 is 96.5 Å². The fraction of sp³-hybridized carbons (Fsp3) is 0.750. The third kappa shape index (κ3) is 14.5. The summed E-state index contributed by atoms with van der Waals surface area (Å²) in [6.07, 6.45) is 0. The average Bonchev–Trinajstić information content (AvgIpc) is 2.91. The minimum absolute atomic E-state index is 0. The molecule has 0 bridgehead atoms. The zero-order valence-electron chi connectivity index (χ0n) is 27.5. The van der Waals surface area contributed by atoms with E-state index in [0.717, 1.165) is 0 Å². The Balaban J connectivity index is -0.000000441. The molecule has 67 heavy (non-hydrogen) atoms. The Hall–Kier alpha value is -0.821. The summed E-state index contributed by atoms with van der Waals surface area (Å²) < 4.78 is 502. The molecule has 0 rings (SSSR count). The van der Waals surface area contributed by atoms with Crippen molar-refractivity contribution in [1.29, 1.82) is 0 Å². The first-order chi connectivity index (χ1) is 27.3. The number of rotatable bonds is 9. The third-order valence-corrected chi connectivity index (χ3v) is 26.0. The molecule has 0 aromatic rings. The minimum Gasteiger partial charge on any atom is -0.251 e. The maximum Gasteiger partial charge on any atom is 3.00 e. The minimum atomic E-state index is -8.02. The van der Waals surface area contributed by atoms with Crippen LogP contribution in [0.25, 0.3) is 0 Å². The summed E-state index contributed by atoms with van der Waals surface area (Å²) >= 11 is 0. The van der Waals surface area contributed by atoms with Crippen LogP contribution in [-0.2, 0) is 88.5 Å². The van der Waals surface area contributed by atoms with Gasteiger partial charge in [0, 0.05) is 0 Å². The van der Waals surface area contributed by atoms with E-state index in [1.165, 1.54) is 0 Å². The van der Waals surface area contributed by atoms with Crippen molar-refractivity contribution < 1.29 is 241 Å². The molecule has 0 spiro atoms. The second-order valence-electron chi connectivity index (χ2n) is 9.29. The first-order valence-corrected chi connectivity index (χ1v) is 25.1. The van der Waals surface area contributed by atoms with Crippen LogP contribution in [0.2, 0.25) is 0 Å².